The fraction of sp³-hybridized carbons (Fsp3) is 0.105. The molecule has 0 aliphatic rings. The van der Waals surface area contributed by atoms with E-state index < -0.39 is 0 Å². The van der Waals surface area contributed by atoms with E-state index in [4.69, 9.17) is 9.47 Å². The molecule has 0 unspecified atom stereocenters. The van der Waals surface area contributed by atoms with Crippen molar-refractivity contribution in [2.24, 2.45) is 0 Å². The fourth-order valence-corrected chi connectivity index (χ4v) is 3.36. The van der Waals surface area contributed by atoms with E-state index in [0.29, 0.717) is 4.88 Å². The Morgan fingerprint density at radius 2 is 1.67 bits per heavy atom. The van der Waals surface area contributed by atoms with Crippen LogP contribution in [-0.2, 0) is 4.74 Å². The Labute approximate surface area is 144 Å². The van der Waals surface area contributed by atoms with E-state index in [2.05, 4.69) is 5.32 Å². The van der Waals surface area contributed by atoms with Crippen LogP contribution in [0.1, 0.15) is 9.67 Å². The third-order valence-electron chi connectivity index (χ3n) is 3.49. The number of benzene rings is 2. The minimum absolute atomic E-state index is 0.334. The molecule has 0 spiro atoms. The topological polar surface area (TPSA) is 47.6 Å². The highest BCUT2D eigenvalue weighted by atomic mass is 32.1. The molecule has 0 radical (unpaired) electrons. The lowest BCUT2D eigenvalue weighted by atomic mass is 10.2. The number of rotatable bonds is 5. The van der Waals surface area contributed by atoms with Crippen molar-refractivity contribution in [1.29, 1.82) is 0 Å². The van der Waals surface area contributed by atoms with Crippen LogP contribution in [0.15, 0.2) is 60.7 Å². The first kappa shape index (κ1) is 16.1. The number of para-hydroxylation sites is 1. The van der Waals surface area contributed by atoms with Gasteiger partial charge in [0.1, 0.15) is 16.4 Å². The molecule has 3 rings (SSSR count). The molecule has 2 aromatic carbocycles. The van der Waals surface area contributed by atoms with Crippen LogP contribution >= 0.6 is 11.3 Å². The van der Waals surface area contributed by atoms with Gasteiger partial charge < -0.3 is 14.8 Å². The lowest BCUT2D eigenvalue weighted by Gasteiger charge is -2.06. The summed E-state index contributed by atoms with van der Waals surface area (Å²) in [6.07, 6.45) is 0. The van der Waals surface area contributed by atoms with Gasteiger partial charge in [0.2, 0.25) is 0 Å². The summed E-state index contributed by atoms with van der Waals surface area (Å²) in [5.41, 5.74) is 1.79. The summed E-state index contributed by atoms with van der Waals surface area (Å²) in [4.78, 5) is 13.4. The van der Waals surface area contributed by atoms with E-state index in [-0.39, 0.29) is 5.97 Å². The van der Waals surface area contributed by atoms with Crippen LogP contribution in [0.4, 0.5) is 5.69 Å². The van der Waals surface area contributed by atoms with Gasteiger partial charge in [0.25, 0.3) is 0 Å². The molecule has 0 aliphatic carbocycles. The second-order valence-electron chi connectivity index (χ2n) is 5.03. The molecule has 3 aromatic rings. The van der Waals surface area contributed by atoms with Crippen LogP contribution in [0.25, 0.3) is 10.4 Å². The highest BCUT2D eigenvalue weighted by molar-refractivity contribution is 7.18. The number of thiophene rings is 1. The number of hydrogen-bond donors (Lipinski definition) is 1. The maximum absolute atomic E-state index is 11.8. The minimum Gasteiger partial charge on any atom is -0.465 e. The van der Waals surface area contributed by atoms with Gasteiger partial charge in [-0.2, -0.15) is 0 Å². The van der Waals surface area contributed by atoms with Crippen molar-refractivity contribution in [1.82, 2.24) is 0 Å². The average molecular weight is 339 g/mol. The molecule has 0 saturated heterocycles. The molecule has 0 atom stereocenters. The van der Waals surface area contributed by atoms with Crippen molar-refractivity contribution in [2.45, 2.75) is 0 Å². The highest BCUT2D eigenvalue weighted by Crippen LogP contribution is 2.36. The van der Waals surface area contributed by atoms with E-state index in [9.17, 15) is 4.79 Å². The summed E-state index contributed by atoms with van der Waals surface area (Å²) in [5, 5.41) is 3.03. The van der Waals surface area contributed by atoms with Gasteiger partial charge in [-0.3, -0.25) is 0 Å². The maximum atomic E-state index is 11.8. The van der Waals surface area contributed by atoms with Gasteiger partial charge in [0.05, 0.1) is 12.8 Å². The maximum Gasteiger partial charge on any atom is 0.350 e. The van der Waals surface area contributed by atoms with E-state index in [1.807, 2.05) is 60.7 Å². The Morgan fingerprint density at radius 1 is 1.00 bits per heavy atom. The Balaban J connectivity index is 1.83. The number of carbonyl (C=O) groups excluding carboxylic acids is 1. The quantitative estimate of drug-likeness (QED) is 0.662. The summed E-state index contributed by atoms with van der Waals surface area (Å²) in [7, 11) is 3.17. The summed E-state index contributed by atoms with van der Waals surface area (Å²) >= 11 is 1.40. The van der Waals surface area contributed by atoms with Crippen molar-refractivity contribution in [3.8, 4) is 21.9 Å². The predicted octanol–water partition coefficient (Wildman–Crippen LogP) is 5.04. The molecule has 0 bridgehead atoms. The predicted molar refractivity (Wildman–Crippen MR) is 97.2 cm³/mol. The third-order valence-corrected chi connectivity index (χ3v) is 4.65. The smallest absolute Gasteiger partial charge is 0.350 e. The molecule has 1 aromatic heterocycles. The van der Waals surface area contributed by atoms with Gasteiger partial charge in [0.15, 0.2) is 0 Å². The second-order valence-corrected chi connectivity index (χ2v) is 6.09. The number of esters is 1. The molecule has 0 amide bonds. The zero-order valence-corrected chi connectivity index (χ0v) is 14.2. The van der Waals surface area contributed by atoms with Crippen molar-refractivity contribution in [3.05, 3.63) is 65.5 Å². The first-order valence-electron chi connectivity index (χ1n) is 7.44. The first-order chi connectivity index (χ1) is 11.7. The normalized spacial score (nSPS) is 10.2. The zero-order valence-electron chi connectivity index (χ0n) is 13.4. The largest absolute Gasteiger partial charge is 0.465 e. The Hall–Kier alpha value is -2.79. The number of methoxy groups -OCH3 is 1. The molecular weight excluding hydrogens is 322 g/mol. The van der Waals surface area contributed by atoms with E-state index in [0.717, 1.165) is 27.6 Å². The van der Waals surface area contributed by atoms with Crippen LogP contribution < -0.4 is 10.1 Å². The molecule has 1 heterocycles. The van der Waals surface area contributed by atoms with Crippen molar-refractivity contribution >= 4 is 23.0 Å². The van der Waals surface area contributed by atoms with Crippen LogP contribution in [-0.4, -0.2) is 20.1 Å². The molecule has 4 nitrogen and oxygen atoms in total. The minimum atomic E-state index is -0.334. The summed E-state index contributed by atoms with van der Waals surface area (Å²) < 4.78 is 10.6. The SMILES string of the molecule is CNc1cc(-c2ccc(Oc3ccccc3)cc2)sc1C(=O)OC. The van der Waals surface area contributed by atoms with Crippen molar-refractivity contribution in [3.63, 3.8) is 0 Å². The second kappa shape index (κ2) is 7.19. The molecule has 122 valence electrons. The molecule has 0 aliphatic heterocycles. The summed E-state index contributed by atoms with van der Waals surface area (Å²) in [6.45, 7) is 0. The third kappa shape index (κ3) is 3.41. The standard InChI is InChI=1S/C19H17NO3S/c1-20-16-12-17(24-18(16)19(21)22-2)13-8-10-15(11-9-13)23-14-6-4-3-5-7-14/h3-12,20H,1-2H3. The van der Waals surface area contributed by atoms with Crippen LogP contribution in [0.3, 0.4) is 0 Å². The Bertz CT molecular complexity index is 826. The van der Waals surface area contributed by atoms with Crippen LogP contribution in [0, 0.1) is 0 Å². The van der Waals surface area contributed by atoms with E-state index in [1.54, 1.807) is 7.05 Å². The number of ether oxygens (including phenoxy) is 2. The molecule has 0 saturated carbocycles. The molecular formula is C19H17NO3S. The fourth-order valence-electron chi connectivity index (χ4n) is 2.28. The Kier molecular flexibility index (Phi) is 4.82. The van der Waals surface area contributed by atoms with Gasteiger partial charge >= 0.3 is 5.97 Å². The lowest BCUT2D eigenvalue weighted by Crippen LogP contribution is -2.01. The van der Waals surface area contributed by atoms with Gasteiger partial charge in [-0.15, -0.1) is 11.3 Å². The lowest BCUT2D eigenvalue weighted by molar-refractivity contribution is 0.0607. The monoisotopic (exact) mass is 339 g/mol. The molecule has 0 fully saturated rings. The number of hydrogen-bond acceptors (Lipinski definition) is 5. The van der Waals surface area contributed by atoms with Crippen LogP contribution in [0.2, 0.25) is 0 Å². The number of anilines is 1. The molecule has 5 heteroatoms. The van der Waals surface area contributed by atoms with Gasteiger partial charge in [-0.1, -0.05) is 18.2 Å². The van der Waals surface area contributed by atoms with Gasteiger partial charge in [-0.25, -0.2) is 4.79 Å². The first-order valence-corrected chi connectivity index (χ1v) is 8.26. The summed E-state index contributed by atoms with van der Waals surface area (Å²) in [5.74, 6) is 1.23. The van der Waals surface area contributed by atoms with Gasteiger partial charge in [-0.05, 0) is 48.0 Å². The van der Waals surface area contributed by atoms with Crippen LogP contribution in [0.5, 0.6) is 11.5 Å². The van der Waals surface area contributed by atoms with Gasteiger partial charge in [0, 0.05) is 11.9 Å². The van der Waals surface area contributed by atoms with Crippen molar-refractivity contribution < 1.29 is 14.3 Å². The van der Waals surface area contributed by atoms with Crippen molar-refractivity contribution in [2.75, 3.05) is 19.5 Å². The van der Waals surface area contributed by atoms with E-state index >= 15 is 0 Å². The summed E-state index contributed by atoms with van der Waals surface area (Å²) in [6, 6.07) is 19.4. The van der Waals surface area contributed by atoms with E-state index in [1.165, 1.54) is 18.4 Å². The highest BCUT2D eigenvalue weighted by Gasteiger charge is 2.16. The molecule has 24 heavy (non-hydrogen) atoms. The Morgan fingerprint density at radius 3 is 2.29 bits per heavy atom. The number of carbonyl (C=O) groups is 1. The zero-order chi connectivity index (χ0) is 16.9. The molecule has 1 N–H and O–H groups in total. The average Bonchev–Trinajstić information content (AvgIpc) is 3.07. The number of nitrogens with one attached hydrogen (secondary N) is 1.